The molecule has 28 heavy (non-hydrogen) atoms. The monoisotopic (exact) mass is 372 g/mol. The lowest BCUT2D eigenvalue weighted by atomic mass is 9.91. The van der Waals surface area contributed by atoms with Crippen LogP contribution in [0.1, 0.15) is 11.4 Å². The average molecular weight is 372 g/mol. The van der Waals surface area contributed by atoms with E-state index >= 15 is 0 Å². The Hall–Kier alpha value is -3.40. The fourth-order valence-electron chi connectivity index (χ4n) is 3.47. The van der Waals surface area contributed by atoms with Gasteiger partial charge >= 0.3 is 0 Å². The summed E-state index contributed by atoms with van der Waals surface area (Å²) in [5.41, 5.74) is 5.18. The zero-order chi connectivity index (χ0) is 19.7. The Morgan fingerprint density at radius 3 is 1.61 bits per heavy atom. The van der Waals surface area contributed by atoms with Crippen molar-refractivity contribution in [1.29, 1.82) is 0 Å². The van der Waals surface area contributed by atoms with Crippen molar-refractivity contribution in [2.45, 2.75) is 13.8 Å². The van der Waals surface area contributed by atoms with Gasteiger partial charge in [0.2, 0.25) is 0 Å². The van der Waals surface area contributed by atoms with E-state index in [4.69, 9.17) is 0 Å². The Bertz CT molecular complexity index is 1120. The van der Waals surface area contributed by atoms with Gasteiger partial charge in [0.15, 0.2) is 0 Å². The number of rotatable bonds is 3. The zero-order valence-electron chi connectivity index (χ0n) is 15.6. The molecule has 0 aliphatic carbocycles. The summed E-state index contributed by atoms with van der Waals surface area (Å²) in [6, 6.07) is 21.8. The van der Waals surface area contributed by atoms with E-state index in [1.807, 2.05) is 54.6 Å². The highest BCUT2D eigenvalue weighted by Crippen LogP contribution is 2.38. The summed E-state index contributed by atoms with van der Waals surface area (Å²) in [6.45, 7) is 3.52. The van der Waals surface area contributed by atoms with Crippen molar-refractivity contribution < 1.29 is 8.78 Å². The Labute approximate surface area is 162 Å². The minimum atomic E-state index is -0.613. The van der Waals surface area contributed by atoms with Gasteiger partial charge in [-0.15, -0.1) is 0 Å². The third-order valence-corrected chi connectivity index (χ3v) is 4.82. The molecule has 1 aromatic heterocycles. The number of aromatic nitrogens is 2. The van der Waals surface area contributed by atoms with Crippen LogP contribution in [0.25, 0.3) is 33.4 Å². The molecule has 2 nitrogen and oxygen atoms in total. The minimum absolute atomic E-state index is 0.0693. The fraction of sp³-hybridized carbons (Fsp3) is 0.0833. The first-order valence-corrected chi connectivity index (χ1v) is 9.00. The van der Waals surface area contributed by atoms with Crippen LogP contribution >= 0.6 is 0 Å². The van der Waals surface area contributed by atoms with Crippen LogP contribution in [-0.2, 0) is 0 Å². The van der Waals surface area contributed by atoms with Crippen LogP contribution < -0.4 is 0 Å². The molecule has 0 fully saturated rings. The van der Waals surface area contributed by atoms with E-state index in [9.17, 15) is 8.78 Å². The van der Waals surface area contributed by atoms with Gasteiger partial charge in [0.25, 0.3) is 0 Å². The Balaban J connectivity index is 1.90. The lowest BCUT2D eigenvalue weighted by Gasteiger charge is -2.16. The first-order valence-electron chi connectivity index (χ1n) is 9.00. The molecule has 4 rings (SSSR count). The molecule has 0 aliphatic rings. The van der Waals surface area contributed by atoms with E-state index in [0.29, 0.717) is 22.5 Å². The maximum Gasteiger partial charge on any atom is 0.134 e. The maximum atomic E-state index is 14.5. The van der Waals surface area contributed by atoms with E-state index in [-0.39, 0.29) is 5.56 Å². The Morgan fingerprint density at radius 2 is 1.00 bits per heavy atom. The minimum Gasteiger partial charge on any atom is -0.206 e. The van der Waals surface area contributed by atoms with Crippen molar-refractivity contribution in [2.24, 2.45) is 0 Å². The van der Waals surface area contributed by atoms with Crippen LogP contribution in [0.3, 0.4) is 0 Å². The summed E-state index contributed by atoms with van der Waals surface area (Å²) in [4.78, 5) is 0. The summed E-state index contributed by atoms with van der Waals surface area (Å²) < 4.78 is 29.1. The van der Waals surface area contributed by atoms with Gasteiger partial charge in [-0.05, 0) is 42.7 Å². The molecule has 0 radical (unpaired) electrons. The lowest BCUT2D eigenvalue weighted by molar-refractivity contribution is 0.589. The molecule has 4 heteroatoms. The molecule has 3 aromatic carbocycles. The predicted octanol–water partition coefficient (Wildman–Crippen LogP) is 6.37. The molecule has 4 aromatic rings. The molecular formula is C24H18F2N2. The smallest absolute Gasteiger partial charge is 0.134 e. The SMILES string of the molecule is Cc1nnc(C)c(-c2c(F)cccc2F)c1-c1ccc(-c2ccccc2)cc1. The molecule has 0 aliphatic heterocycles. The van der Waals surface area contributed by atoms with Crippen molar-refractivity contribution in [3.63, 3.8) is 0 Å². The summed E-state index contributed by atoms with van der Waals surface area (Å²) in [7, 11) is 0. The largest absolute Gasteiger partial charge is 0.206 e. The molecule has 0 atom stereocenters. The van der Waals surface area contributed by atoms with Crippen LogP contribution in [0.15, 0.2) is 72.8 Å². The third-order valence-electron chi connectivity index (χ3n) is 4.82. The molecule has 138 valence electrons. The topological polar surface area (TPSA) is 25.8 Å². The molecule has 0 amide bonds. The van der Waals surface area contributed by atoms with Gasteiger partial charge in [0.05, 0.1) is 17.0 Å². The number of nitrogens with zero attached hydrogens (tertiary/aromatic N) is 2. The van der Waals surface area contributed by atoms with Gasteiger partial charge in [-0.25, -0.2) is 8.78 Å². The van der Waals surface area contributed by atoms with Crippen LogP contribution in [0, 0.1) is 25.5 Å². The van der Waals surface area contributed by atoms with Gasteiger partial charge in [-0.1, -0.05) is 60.7 Å². The van der Waals surface area contributed by atoms with E-state index in [2.05, 4.69) is 10.2 Å². The van der Waals surface area contributed by atoms with E-state index in [0.717, 1.165) is 16.7 Å². The number of halogens is 2. The van der Waals surface area contributed by atoms with Gasteiger partial charge in [0.1, 0.15) is 11.6 Å². The molecule has 0 bridgehead atoms. The molecule has 0 saturated heterocycles. The Morgan fingerprint density at radius 1 is 0.500 bits per heavy atom. The predicted molar refractivity (Wildman–Crippen MR) is 108 cm³/mol. The number of aryl methyl sites for hydroxylation is 2. The Kier molecular flexibility index (Phi) is 4.70. The average Bonchev–Trinajstić information content (AvgIpc) is 2.71. The van der Waals surface area contributed by atoms with E-state index in [1.54, 1.807) is 13.8 Å². The summed E-state index contributed by atoms with van der Waals surface area (Å²) in [5, 5.41) is 8.29. The first-order chi connectivity index (χ1) is 13.6. The standard InChI is InChI=1S/C24H18F2N2/c1-15-22(19-13-11-18(12-14-19)17-7-4-3-5-8-17)23(16(2)28-27-15)24-20(25)9-6-10-21(24)26/h3-14H,1-2H3. The molecular weight excluding hydrogens is 354 g/mol. The van der Waals surface area contributed by atoms with Crippen molar-refractivity contribution in [3.05, 3.63) is 95.8 Å². The molecule has 1 heterocycles. The first kappa shape index (κ1) is 18.0. The zero-order valence-corrected chi connectivity index (χ0v) is 15.6. The second-order valence-electron chi connectivity index (χ2n) is 6.66. The highest BCUT2D eigenvalue weighted by molar-refractivity contribution is 5.87. The van der Waals surface area contributed by atoms with Crippen LogP contribution in [-0.4, -0.2) is 10.2 Å². The number of hydrogen-bond acceptors (Lipinski definition) is 2. The highest BCUT2D eigenvalue weighted by Gasteiger charge is 2.21. The second-order valence-corrected chi connectivity index (χ2v) is 6.66. The van der Waals surface area contributed by atoms with Crippen molar-refractivity contribution >= 4 is 0 Å². The van der Waals surface area contributed by atoms with Gasteiger partial charge in [-0.2, -0.15) is 10.2 Å². The van der Waals surface area contributed by atoms with E-state index in [1.165, 1.54) is 18.2 Å². The fourth-order valence-corrected chi connectivity index (χ4v) is 3.47. The summed E-state index contributed by atoms with van der Waals surface area (Å²) in [6.07, 6.45) is 0. The highest BCUT2D eigenvalue weighted by atomic mass is 19.1. The summed E-state index contributed by atoms with van der Waals surface area (Å²) in [5.74, 6) is -1.23. The van der Waals surface area contributed by atoms with Crippen molar-refractivity contribution in [1.82, 2.24) is 10.2 Å². The second kappa shape index (κ2) is 7.31. The van der Waals surface area contributed by atoms with Crippen molar-refractivity contribution in [3.8, 4) is 33.4 Å². The maximum absolute atomic E-state index is 14.5. The molecule has 0 unspecified atom stereocenters. The normalized spacial score (nSPS) is 10.9. The number of hydrogen-bond donors (Lipinski definition) is 0. The molecule has 0 saturated carbocycles. The van der Waals surface area contributed by atoms with Crippen LogP contribution in [0.5, 0.6) is 0 Å². The van der Waals surface area contributed by atoms with E-state index < -0.39 is 11.6 Å². The molecule has 0 N–H and O–H groups in total. The lowest BCUT2D eigenvalue weighted by Crippen LogP contribution is -2.02. The van der Waals surface area contributed by atoms with Crippen LogP contribution in [0.4, 0.5) is 8.78 Å². The van der Waals surface area contributed by atoms with Crippen LogP contribution in [0.2, 0.25) is 0 Å². The van der Waals surface area contributed by atoms with Gasteiger partial charge < -0.3 is 0 Å². The number of benzene rings is 3. The quantitative estimate of drug-likeness (QED) is 0.417. The molecule has 0 spiro atoms. The third kappa shape index (κ3) is 3.18. The van der Waals surface area contributed by atoms with Gasteiger partial charge in [-0.3, -0.25) is 0 Å². The van der Waals surface area contributed by atoms with Crippen molar-refractivity contribution in [2.75, 3.05) is 0 Å². The summed E-state index contributed by atoms with van der Waals surface area (Å²) >= 11 is 0. The van der Waals surface area contributed by atoms with Gasteiger partial charge in [0, 0.05) is 11.1 Å².